The molecule has 0 N–H and O–H groups in total. The lowest BCUT2D eigenvalue weighted by Gasteiger charge is -2.34. The van der Waals surface area contributed by atoms with Crippen LogP contribution in [0.1, 0.15) is 22.3 Å². The van der Waals surface area contributed by atoms with Crippen LogP contribution in [-0.4, -0.2) is 9.25 Å². The molecule has 0 radical (unpaired) electrons. The average Bonchev–Trinajstić information content (AvgIpc) is 3.53. The number of rotatable bonds is 0. The fourth-order valence-electron chi connectivity index (χ4n) is 7.16. The second kappa shape index (κ2) is 4.55. The van der Waals surface area contributed by atoms with Crippen molar-refractivity contribution >= 4 is 21.8 Å². The van der Waals surface area contributed by atoms with Crippen molar-refractivity contribution < 1.29 is 14.0 Å². The highest BCUT2D eigenvalue weighted by atomic mass is 16.5. The van der Waals surface area contributed by atoms with Gasteiger partial charge < -0.3 is 4.74 Å². The van der Waals surface area contributed by atoms with Crippen molar-refractivity contribution in [1.29, 1.82) is 0 Å². The normalized spacial score (nSPS) is 19.2. The predicted molar refractivity (Wildman–Crippen MR) is 121 cm³/mol. The largest absolute Gasteiger partial charge is 0.456 e. The molecule has 0 bridgehead atoms. The molecular weight excluding hydrogens is 408 g/mol. The minimum absolute atomic E-state index is 0.532. The first-order valence-corrected chi connectivity index (χ1v) is 11.4. The van der Waals surface area contributed by atoms with Crippen LogP contribution in [0, 0.1) is 0 Å². The van der Waals surface area contributed by atoms with E-state index in [9.17, 15) is 0 Å². The number of ether oxygens (including phenoxy) is 1. The molecule has 0 amide bonds. The van der Waals surface area contributed by atoms with Gasteiger partial charge in [0.15, 0.2) is 11.1 Å². The Labute approximate surface area is 187 Å². The number of para-hydroxylation sites is 1. The van der Waals surface area contributed by atoms with Gasteiger partial charge in [0.25, 0.3) is 5.82 Å². The zero-order valence-electron chi connectivity index (χ0n) is 17.5. The number of aromatic nitrogens is 4. The number of hydrogen-bond acceptors (Lipinski definition) is 1. The Morgan fingerprint density at radius 2 is 1.64 bits per heavy atom. The lowest BCUT2D eigenvalue weighted by Crippen LogP contribution is -2.76. The summed E-state index contributed by atoms with van der Waals surface area (Å²) in [5, 5.41) is 2.61. The summed E-state index contributed by atoms with van der Waals surface area (Å²) < 4.78 is 16.3. The summed E-state index contributed by atoms with van der Waals surface area (Å²) in [6, 6.07) is 24.2. The molecule has 4 aliphatic heterocycles. The van der Waals surface area contributed by atoms with Gasteiger partial charge in [0.1, 0.15) is 28.3 Å². The summed E-state index contributed by atoms with van der Waals surface area (Å²) in [5.41, 5.74) is 8.43. The van der Waals surface area contributed by atoms with Gasteiger partial charge in [0, 0.05) is 34.4 Å². The molecule has 1 unspecified atom stereocenters. The van der Waals surface area contributed by atoms with E-state index in [1.54, 1.807) is 0 Å². The van der Waals surface area contributed by atoms with Crippen LogP contribution in [0.3, 0.4) is 0 Å². The van der Waals surface area contributed by atoms with E-state index in [-0.39, 0.29) is 0 Å². The predicted octanol–water partition coefficient (Wildman–Crippen LogP) is 4.08. The lowest BCUT2D eigenvalue weighted by atomic mass is 9.84. The van der Waals surface area contributed by atoms with E-state index in [0.29, 0.717) is 0 Å². The third-order valence-electron chi connectivity index (χ3n) is 8.17. The molecule has 0 fully saturated rings. The van der Waals surface area contributed by atoms with Crippen LogP contribution in [0.15, 0.2) is 85.3 Å². The molecule has 1 spiro atoms. The number of hydrogen-bond donors (Lipinski definition) is 0. The third-order valence-corrected chi connectivity index (χ3v) is 8.17. The van der Waals surface area contributed by atoms with Gasteiger partial charge in [-0.3, -0.25) is 0 Å². The van der Waals surface area contributed by atoms with Gasteiger partial charge in [-0.15, -0.1) is 4.68 Å². The summed E-state index contributed by atoms with van der Waals surface area (Å²) in [7, 11) is 0. The van der Waals surface area contributed by atoms with E-state index in [1.807, 2.05) is 0 Å². The van der Waals surface area contributed by atoms with Crippen LogP contribution in [0.5, 0.6) is 11.5 Å². The molecule has 10 rings (SSSR count). The van der Waals surface area contributed by atoms with E-state index < -0.39 is 5.66 Å². The Kier molecular flexibility index (Phi) is 2.12. The number of benzene rings is 3. The second-order valence-electron chi connectivity index (χ2n) is 9.49. The summed E-state index contributed by atoms with van der Waals surface area (Å²) in [5.74, 6) is 3.14. The molecule has 5 heteroatoms. The van der Waals surface area contributed by atoms with Crippen molar-refractivity contribution in [2.45, 2.75) is 12.1 Å². The molecule has 3 aromatic carbocycles. The van der Waals surface area contributed by atoms with Gasteiger partial charge >= 0.3 is 5.66 Å². The third kappa shape index (κ3) is 1.33. The monoisotopic (exact) mass is 424 g/mol. The van der Waals surface area contributed by atoms with Crippen LogP contribution in [0.2, 0.25) is 0 Å². The SMILES string of the molecule is c1cc2c3c(c1)-n1ccc[n+]1C31c3c(ccc4c5cccc6c5n(c34)-c3c(ccc[n+]31)C6)O2. The van der Waals surface area contributed by atoms with Crippen LogP contribution >= 0.6 is 0 Å². The fourth-order valence-corrected chi connectivity index (χ4v) is 7.16. The summed E-state index contributed by atoms with van der Waals surface area (Å²) in [6.45, 7) is 0. The second-order valence-corrected chi connectivity index (χ2v) is 9.49. The van der Waals surface area contributed by atoms with Crippen molar-refractivity contribution in [3.63, 3.8) is 0 Å². The van der Waals surface area contributed by atoms with Crippen LogP contribution in [0.4, 0.5) is 0 Å². The van der Waals surface area contributed by atoms with Gasteiger partial charge in [0.05, 0.1) is 12.4 Å². The van der Waals surface area contributed by atoms with Crippen LogP contribution < -0.4 is 14.0 Å². The van der Waals surface area contributed by atoms with E-state index in [1.165, 1.54) is 55.6 Å². The summed E-state index contributed by atoms with van der Waals surface area (Å²) >= 11 is 0. The van der Waals surface area contributed by atoms with Crippen molar-refractivity contribution in [1.82, 2.24) is 9.25 Å². The zero-order chi connectivity index (χ0) is 21.1. The summed E-state index contributed by atoms with van der Waals surface area (Å²) in [6.07, 6.45) is 7.56. The van der Waals surface area contributed by atoms with E-state index in [0.717, 1.165) is 17.9 Å². The highest BCUT2D eigenvalue weighted by Gasteiger charge is 2.68. The smallest absolute Gasteiger partial charge is 0.397 e. The van der Waals surface area contributed by atoms with Gasteiger partial charge in [-0.05, 0) is 42.5 Å². The number of nitrogens with zero attached hydrogens (tertiary/aromatic N) is 4. The minimum Gasteiger partial charge on any atom is -0.456 e. The van der Waals surface area contributed by atoms with Crippen molar-refractivity contribution in [3.05, 3.63) is 108 Å². The minimum atomic E-state index is -0.532. The maximum absolute atomic E-state index is 6.63. The number of fused-ring (bicyclic) bond motifs is 3. The van der Waals surface area contributed by atoms with Crippen LogP contribution in [0.25, 0.3) is 33.3 Å². The summed E-state index contributed by atoms with van der Waals surface area (Å²) in [4.78, 5) is 0. The average molecular weight is 424 g/mol. The lowest BCUT2D eigenvalue weighted by molar-refractivity contribution is -0.993. The molecule has 152 valence electrons. The molecule has 1 atom stereocenters. The Morgan fingerprint density at radius 1 is 0.758 bits per heavy atom. The van der Waals surface area contributed by atoms with E-state index >= 15 is 0 Å². The Bertz CT molecular complexity index is 1940. The highest BCUT2D eigenvalue weighted by Crippen LogP contribution is 2.55. The van der Waals surface area contributed by atoms with Gasteiger partial charge in [0.2, 0.25) is 6.20 Å². The molecule has 6 aromatic rings. The molecule has 7 heterocycles. The van der Waals surface area contributed by atoms with Crippen molar-refractivity contribution in [2.75, 3.05) is 0 Å². The Hall–Kier alpha value is -4.38. The topological polar surface area (TPSA) is 26.8 Å². The van der Waals surface area contributed by atoms with Gasteiger partial charge in [-0.2, -0.15) is 9.13 Å². The van der Waals surface area contributed by atoms with E-state index in [2.05, 4.69) is 104 Å². The van der Waals surface area contributed by atoms with E-state index in [4.69, 9.17) is 4.74 Å². The first-order chi connectivity index (χ1) is 16.4. The van der Waals surface area contributed by atoms with Gasteiger partial charge in [-0.1, -0.05) is 22.9 Å². The molecule has 0 aliphatic carbocycles. The first-order valence-electron chi connectivity index (χ1n) is 11.4. The fraction of sp³-hybridized carbons (Fsp3) is 0.0714. The molecule has 0 saturated heterocycles. The zero-order valence-corrected chi connectivity index (χ0v) is 17.5. The molecule has 33 heavy (non-hydrogen) atoms. The molecule has 3 aromatic heterocycles. The van der Waals surface area contributed by atoms with Crippen LogP contribution in [-0.2, 0) is 12.1 Å². The maximum atomic E-state index is 6.63. The quantitative estimate of drug-likeness (QED) is 0.337. The molecule has 0 saturated carbocycles. The number of pyridine rings is 1. The Balaban J connectivity index is 1.60. The molecular formula is C28H16N4O+2. The molecule has 4 aliphatic rings. The maximum Gasteiger partial charge on any atom is 0.397 e. The molecule has 5 nitrogen and oxygen atoms in total. The highest BCUT2D eigenvalue weighted by molar-refractivity contribution is 6.13. The van der Waals surface area contributed by atoms with Crippen molar-refractivity contribution in [2.24, 2.45) is 0 Å². The van der Waals surface area contributed by atoms with Gasteiger partial charge in [-0.25, -0.2) is 0 Å². The van der Waals surface area contributed by atoms with Crippen molar-refractivity contribution in [3.8, 4) is 23.0 Å². The first kappa shape index (κ1) is 15.4. The Morgan fingerprint density at radius 3 is 2.64 bits per heavy atom. The standard InChI is InChI=1S/C28H16N4O/c1-5-16-15-17-6-3-12-29-27(17)32-25(16)18(7-1)19-10-11-22-24(26(19)32)28(29)23-20(8-2-9-21(23)33-22)30-13-4-14-31(28)30/h1-14H,15H2/q+2.